The number of aromatic nitrogens is 2. The van der Waals surface area contributed by atoms with Crippen LogP contribution >= 0.6 is 11.3 Å². The normalized spacial score (nSPS) is 16.1. The van der Waals surface area contributed by atoms with Gasteiger partial charge in [0.1, 0.15) is 18.2 Å². The summed E-state index contributed by atoms with van der Waals surface area (Å²) in [6, 6.07) is 9.24. The highest BCUT2D eigenvalue weighted by Crippen LogP contribution is 2.28. The lowest BCUT2D eigenvalue weighted by Crippen LogP contribution is -2.51. The smallest absolute Gasteiger partial charge is 0.244 e. The van der Waals surface area contributed by atoms with Gasteiger partial charge in [-0.15, -0.1) is 11.3 Å². The molecule has 3 heterocycles. The van der Waals surface area contributed by atoms with Crippen LogP contribution in [0.15, 0.2) is 42.0 Å². The monoisotopic (exact) mass is 367 g/mol. The van der Waals surface area contributed by atoms with Crippen LogP contribution < -0.4 is 10.6 Å². The molecule has 0 radical (unpaired) electrons. The van der Waals surface area contributed by atoms with Crippen molar-refractivity contribution >= 4 is 33.3 Å². The van der Waals surface area contributed by atoms with Crippen LogP contribution in [0.5, 0.6) is 0 Å². The SMILES string of the molecule is Cc1ccc(C(N)C(=O)N2CCN(c3ncnc4ccsc34)CC2)cc1. The van der Waals surface area contributed by atoms with Crippen molar-refractivity contribution in [1.29, 1.82) is 0 Å². The van der Waals surface area contributed by atoms with Crippen LogP contribution in [0.1, 0.15) is 17.2 Å². The first kappa shape index (κ1) is 16.9. The fourth-order valence-electron chi connectivity index (χ4n) is 3.25. The molecule has 1 unspecified atom stereocenters. The van der Waals surface area contributed by atoms with E-state index in [0.29, 0.717) is 13.1 Å². The van der Waals surface area contributed by atoms with E-state index < -0.39 is 6.04 Å². The number of carbonyl (C=O) groups excluding carboxylic acids is 1. The Balaban J connectivity index is 1.44. The first-order valence-corrected chi connectivity index (χ1v) is 9.55. The van der Waals surface area contributed by atoms with Crippen molar-refractivity contribution < 1.29 is 4.79 Å². The summed E-state index contributed by atoms with van der Waals surface area (Å²) >= 11 is 1.65. The molecule has 7 heteroatoms. The first-order valence-electron chi connectivity index (χ1n) is 8.67. The minimum absolute atomic E-state index is 0.0162. The molecule has 6 nitrogen and oxygen atoms in total. The second kappa shape index (κ2) is 7.01. The van der Waals surface area contributed by atoms with Gasteiger partial charge in [-0.25, -0.2) is 9.97 Å². The molecule has 2 aromatic heterocycles. The van der Waals surface area contributed by atoms with Crippen LogP contribution in [0.3, 0.4) is 0 Å². The van der Waals surface area contributed by atoms with Gasteiger partial charge in [-0.2, -0.15) is 0 Å². The van der Waals surface area contributed by atoms with Crippen LogP contribution in [0, 0.1) is 6.92 Å². The Labute approximate surface area is 156 Å². The summed E-state index contributed by atoms with van der Waals surface area (Å²) in [6.07, 6.45) is 1.61. The molecular formula is C19H21N5OS. The molecular weight excluding hydrogens is 346 g/mol. The standard InChI is InChI=1S/C19H21N5OS/c1-13-2-4-14(5-3-13)16(20)19(25)24-9-7-23(8-10-24)18-17-15(6-11-26-17)21-12-22-18/h2-6,11-12,16H,7-10,20H2,1H3. The lowest BCUT2D eigenvalue weighted by Gasteiger charge is -2.36. The molecule has 26 heavy (non-hydrogen) atoms. The molecule has 1 saturated heterocycles. The minimum Gasteiger partial charge on any atom is -0.352 e. The summed E-state index contributed by atoms with van der Waals surface area (Å²) in [5.74, 6) is 0.942. The summed E-state index contributed by atoms with van der Waals surface area (Å²) in [5, 5.41) is 2.03. The van der Waals surface area contributed by atoms with E-state index in [1.807, 2.05) is 47.5 Å². The van der Waals surface area contributed by atoms with E-state index in [1.165, 1.54) is 0 Å². The fraction of sp³-hybridized carbons (Fsp3) is 0.316. The predicted molar refractivity (Wildman–Crippen MR) is 104 cm³/mol. The molecule has 0 saturated carbocycles. The Morgan fingerprint density at radius 1 is 1.12 bits per heavy atom. The molecule has 1 fully saturated rings. The van der Waals surface area contributed by atoms with E-state index in [2.05, 4.69) is 14.9 Å². The Kier molecular flexibility index (Phi) is 4.57. The zero-order valence-corrected chi connectivity index (χ0v) is 15.4. The number of rotatable bonds is 3. The number of carbonyl (C=O) groups is 1. The number of anilines is 1. The molecule has 0 bridgehead atoms. The maximum Gasteiger partial charge on any atom is 0.244 e. The third-order valence-corrected chi connectivity index (χ3v) is 5.72. The van der Waals surface area contributed by atoms with Crippen LogP contribution in [0.2, 0.25) is 0 Å². The van der Waals surface area contributed by atoms with Crippen LogP contribution in [0.25, 0.3) is 10.2 Å². The largest absolute Gasteiger partial charge is 0.352 e. The Hall–Kier alpha value is -2.51. The fourth-order valence-corrected chi connectivity index (χ4v) is 4.11. The zero-order valence-electron chi connectivity index (χ0n) is 14.6. The predicted octanol–water partition coefficient (Wildman–Crippen LogP) is 2.35. The van der Waals surface area contributed by atoms with Crippen molar-refractivity contribution in [2.75, 3.05) is 31.1 Å². The zero-order chi connectivity index (χ0) is 18.1. The van der Waals surface area contributed by atoms with Crippen molar-refractivity contribution in [3.8, 4) is 0 Å². The summed E-state index contributed by atoms with van der Waals surface area (Å²) in [7, 11) is 0. The van der Waals surface area contributed by atoms with Gasteiger partial charge in [-0.1, -0.05) is 29.8 Å². The maximum atomic E-state index is 12.8. The Morgan fingerprint density at radius 3 is 2.58 bits per heavy atom. The van der Waals surface area contributed by atoms with Crippen molar-refractivity contribution in [3.63, 3.8) is 0 Å². The van der Waals surface area contributed by atoms with Crippen LogP contribution in [0.4, 0.5) is 5.82 Å². The Morgan fingerprint density at radius 2 is 1.85 bits per heavy atom. The average Bonchev–Trinajstić information content (AvgIpc) is 3.16. The van der Waals surface area contributed by atoms with Gasteiger partial charge in [0, 0.05) is 26.2 Å². The van der Waals surface area contributed by atoms with Gasteiger partial charge in [0.15, 0.2) is 0 Å². The quantitative estimate of drug-likeness (QED) is 0.769. The molecule has 134 valence electrons. The molecule has 3 aromatic rings. The summed E-state index contributed by atoms with van der Waals surface area (Å²) in [6.45, 7) is 4.81. The lowest BCUT2D eigenvalue weighted by molar-refractivity contribution is -0.133. The van der Waals surface area contributed by atoms with Gasteiger partial charge in [0.2, 0.25) is 5.91 Å². The second-order valence-electron chi connectivity index (χ2n) is 6.53. The number of piperazine rings is 1. The summed E-state index contributed by atoms with van der Waals surface area (Å²) < 4.78 is 1.10. The lowest BCUT2D eigenvalue weighted by atomic mass is 10.0. The average molecular weight is 367 g/mol. The number of amides is 1. The van der Waals surface area contributed by atoms with Crippen molar-refractivity contribution in [1.82, 2.24) is 14.9 Å². The summed E-state index contributed by atoms with van der Waals surface area (Å²) in [4.78, 5) is 25.6. The highest BCUT2D eigenvalue weighted by Gasteiger charge is 2.27. The van der Waals surface area contributed by atoms with E-state index in [-0.39, 0.29) is 5.91 Å². The highest BCUT2D eigenvalue weighted by molar-refractivity contribution is 7.17. The highest BCUT2D eigenvalue weighted by atomic mass is 32.1. The second-order valence-corrected chi connectivity index (χ2v) is 7.45. The molecule has 4 rings (SSSR count). The van der Waals surface area contributed by atoms with Gasteiger partial charge in [-0.05, 0) is 23.9 Å². The molecule has 1 atom stereocenters. The Bertz CT molecular complexity index is 915. The first-order chi connectivity index (χ1) is 12.6. The topological polar surface area (TPSA) is 75.4 Å². The van der Waals surface area contributed by atoms with E-state index in [1.54, 1.807) is 17.7 Å². The third kappa shape index (κ3) is 3.15. The molecule has 1 amide bonds. The van der Waals surface area contributed by atoms with Gasteiger partial charge < -0.3 is 15.5 Å². The number of hydrogen-bond acceptors (Lipinski definition) is 6. The van der Waals surface area contributed by atoms with E-state index in [4.69, 9.17) is 5.73 Å². The molecule has 1 aliphatic rings. The number of hydrogen-bond donors (Lipinski definition) is 1. The van der Waals surface area contributed by atoms with Gasteiger partial charge in [0.25, 0.3) is 0 Å². The van der Waals surface area contributed by atoms with E-state index >= 15 is 0 Å². The summed E-state index contributed by atoms with van der Waals surface area (Å²) in [5.41, 5.74) is 9.19. The van der Waals surface area contributed by atoms with Crippen molar-refractivity contribution in [2.24, 2.45) is 5.73 Å². The number of aryl methyl sites for hydroxylation is 1. The number of thiophene rings is 1. The number of nitrogens with two attached hydrogens (primary N) is 1. The third-order valence-electron chi connectivity index (χ3n) is 4.82. The number of fused-ring (bicyclic) bond motifs is 1. The number of benzene rings is 1. The van der Waals surface area contributed by atoms with Crippen LogP contribution in [-0.4, -0.2) is 47.0 Å². The molecule has 1 aromatic carbocycles. The van der Waals surface area contributed by atoms with Crippen molar-refractivity contribution in [3.05, 3.63) is 53.2 Å². The van der Waals surface area contributed by atoms with Crippen LogP contribution in [-0.2, 0) is 4.79 Å². The van der Waals surface area contributed by atoms with Gasteiger partial charge in [0.05, 0.1) is 10.2 Å². The van der Waals surface area contributed by atoms with E-state index in [0.717, 1.165) is 40.3 Å². The number of nitrogens with zero attached hydrogens (tertiary/aromatic N) is 4. The van der Waals surface area contributed by atoms with E-state index in [9.17, 15) is 4.79 Å². The molecule has 0 spiro atoms. The maximum absolute atomic E-state index is 12.8. The van der Waals surface area contributed by atoms with Crippen molar-refractivity contribution in [2.45, 2.75) is 13.0 Å². The minimum atomic E-state index is -0.606. The van der Waals surface area contributed by atoms with Gasteiger partial charge >= 0.3 is 0 Å². The van der Waals surface area contributed by atoms with Gasteiger partial charge in [-0.3, -0.25) is 4.79 Å². The molecule has 2 N–H and O–H groups in total. The molecule has 1 aliphatic heterocycles. The molecule has 0 aliphatic carbocycles.